The maximum absolute atomic E-state index is 13.7. The molecule has 29 heavy (non-hydrogen) atoms. The van der Waals surface area contributed by atoms with Crippen LogP contribution in [0, 0.1) is 6.07 Å². The molecule has 0 fully saturated rings. The average molecular weight is 392 g/mol. The minimum atomic E-state index is -1.44. The Labute approximate surface area is 173 Å². The molecule has 0 amide bonds. The molecule has 3 rings (SSSR count). The van der Waals surface area contributed by atoms with Gasteiger partial charge in [0.25, 0.3) is 0 Å². The van der Waals surface area contributed by atoms with E-state index in [9.17, 15) is 9.59 Å². The van der Waals surface area contributed by atoms with Gasteiger partial charge in [-0.05, 0) is 35.6 Å². The van der Waals surface area contributed by atoms with E-state index in [1.165, 1.54) is 0 Å². The quantitative estimate of drug-likeness (QED) is 0.384. The molecular formula is C25H31N2O2. The van der Waals surface area contributed by atoms with E-state index in [1.807, 2.05) is 18.2 Å². The summed E-state index contributed by atoms with van der Waals surface area (Å²) in [6.07, 6.45) is 4.75. The van der Waals surface area contributed by atoms with Gasteiger partial charge < -0.3 is 11.5 Å². The van der Waals surface area contributed by atoms with Crippen LogP contribution < -0.4 is 11.5 Å². The van der Waals surface area contributed by atoms with E-state index in [2.05, 4.69) is 26.8 Å². The predicted molar refractivity (Wildman–Crippen MR) is 117 cm³/mol. The summed E-state index contributed by atoms with van der Waals surface area (Å²) in [5.74, 6) is -0.199. The Morgan fingerprint density at radius 1 is 1.03 bits per heavy atom. The number of unbranched alkanes of at least 4 members (excludes halogenated alkanes) is 3. The molecule has 0 saturated carbocycles. The Balaban J connectivity index is 2.09. The van der Waals surface area contributed by atoms with Gasteiger partial charge in [0.2, 0.25) is 0 Å². The highest BCUT2D eigenvalue weighted by Gasteiger charge is 2.58. The number of anilines is 1. The number of fused-ring (bicyclic) bond motifs is 1. The lowest BCUT2D eigenvalue weighted by Crippen LogP contribution is -2.53. The van der Waals surface area contributed by atoms with E-state index in [4.69, 9.17) is 11.5 Å². The fraction of sp³-hybridized carbons (Fsp3) is 0.440. The van der Waals surface area contributed by atoms with Crippen molar-refractivity contribution in [3.63, 3.8) is 0 Å². The van der Waals surface area contributed by atoms with Gasteiger partial charge in [0.1, 0.15) is 5.41 Å². The number of benzene rings is 2. The Hall–Kier alpha value is -2.46. The molecule has 0 saturated heterocycles. The van der Waals surface area contributed by atoms with Crippen LogP contribution in [0.2, 0.25) is 0 Å². The zero-order chi connectivity index (χ0) is 21.2. The fourth-order valence-electron chi connectivity index (χ4n) is 4.36. The SMILES string of the molecule is CCCCCCC(N)C1(c2[c]cc(C(C)C)cc2)C(=O)c2cccc(N)c2C1=O. The van der Waals surface area contributed by atoms with Crippen LogP contribution in [0.5, 0.6) is 0 Å². The van der Waals surface area contributed by atoms with Crippen LogP contribution in [-0.2, 0) is 5.41 Å². The fourth-order valence-corrected chi connectivity index (χ4v) is 4.36. The molecule has 0 aliphatic heterocycles. The molecular weight excluding hydrogens is 360 g/mol. The largest absolute Gasteiger partial charge is 0.398 e. The van der Waals surface area contributed by atoms with Crippen LogP contribution in [-0.4, -0.2) is 17.6 Å². The van der Waals surface area contributed by atoms with Crippen molar-refractivity contribution in [1.82, 2.24) is 0 Å². The van der Waals surface area contributed by atoms with E-state index < -0.39 is 11.5 Å². The summed E-state index contributed by atoms with van der Waals surface area (Å²) in [5.41, 5.74) is 14.0. The van der Waals surface area contributed by atoms with Gasteiger partial charge in [0.05, 0.1) is 5.56 Å². The third-order valence-corrected chi connectivity index (χ3v) is 6.14. The lowest BCUT2D eigenvalue weighted by molar-refractivity contribution is 0.0760. The number of nitrogen functional groups attached to an aromatic ring is 1. The molecule has 1 aliphatic carbocycles. The molecule has 0 aromatic heterocycles. The van der Waals surface area contributed by atoms with Crippen molar-refractivity contribution in [2.45, 2.75) is 70.3 Å². The molecule has 1 aliphatic rings. The number of Topliss-reactive ketones (excluding diaryl/α,β-unsaturated/α-hetero) is 2. The molecule has 4 N–H and O–H groups in total. The number of ketones is 2. The van der Waals surface area contributed by atoms with E-state index in [1.54, 1.807) is 18.2 Å². The molecule has 2 atom stereocenters. The van der Waals surface area contributed by atoms with Crippen molar-refractivity contribution in [3.05, 3.63) is 64.7 Å². The summed E-state index contributed by atoms with van der Waals surface area (Å²) in [7, 11) is 0. The second-order valence-corrected chi connectivity index (χ2v) is 8.38. The summed E-state index contributed by atoms with van der Waals surface area (Å²) < 4.78 is 0. The summed E-state index contributed by atoms with van der Waals surface area (Å²) in [4.78, 5) is 27.4. The third-order valence-electron chi connectivity index (χ3n) is 6.14. The molecule has 4 nitrogen and oxygen atoms in total. The first-order valence-corrected chi connectivity index (χ1v) is 10.6. The summed E-state index contributed by atoms with van der Waals surface area (Å²) in [5, 5.41) is 0. The molecule has 1 radical (unpaired) electrons. The van der Waals surface area contributed by atoms with Crippen LogP contribution in [0.4, 0.5) is 5.69 Å². The maximum Gasteiger partial charge on any atom is 0.185 e. The number of rotatable bonds is 8. The number of carbonyl (C=O) groups excluding carboxylic acids is 2. The zero-order valence-electron chi connectivity index (χ0n) is 17.6. The predicted octanol–water partition coefficient (Wildman–Crippen LogP) is 4.81. The zero-order valence-corrected chi connectivity index (χ0v) is 17.6. The van der Waals surface area contributed by atoms with Gasteiger partial charge >= 0.3 is 0 Å². The van der Waals surface area contributed by atoms with E-state index in [0.29, 0.717) is 34.7 Å². The molecule has 2 unspecified atom stereocenters. The maximum atomic E-state index is 13.7. The summed E-state index contributed by atoms with van der Waals surface area (Å²) >= 11 is 0. The van der Waals surface area contributed by atoms with E-state index in [0.717, 1.165) is 31.2 Å². The van der Waals surface area contributed by atoms with Crippen LogP contribution in [0.15, 0.2) is 36.4 Å². The average Bonchev–Trinajstić information content (AvgIpc) is 2.94. The monoisotopic (exact) mass is 391 g/mol. The molecule has 0 heterocycles. The van der Waals surface area contributed by atoms with Gasteiger partial charge in [0.15, 0.2) is 11.6 Å². The van der Waals surface area contributed by atoms with Gasteiger partial charge in [-0.3, -0.25) is 9.59 Å². The minimum absolute atomic E-state index is 0.249. The first-order chi connectivity index (χ1) is 13.9. The lowest BCUT2D eigenvalue weighted by atomic mass is 9.68. The third kappa shape index (κ3) is 3.51. The smallest absolute Gasteiger partial charge is 0.185 e. The Kier molecular flexibility index (Phi) is 6.23. The highest BCUT2D eigenvalue weighted by Crippen LogP contribution is 2.44. The summed E-state index contributed by atoms with van der Waals surface area (Å²) in [6, 6.07) is 13.4. The van der Waals surface area contributed by atoms with Crippen molar-refractivity contribution >= 4 is 17.3 Å². The van der Waals surface area contributed by atoms with Crippen molar-refractivity contribution in [1.29, 1.82) is 0 Å². The van der Waals surface area contributed by atoms with E-state index in [-0.39, 0.29) is 11.6 Å². The van der Waals surface area contributed by atoms with E-state index >= 15 is 0 Å². The van der Waals surface area contributed by atoms with Crippen molar-refractivity contribution in [2.24, 2.45) is 5.73 Å². The van der Waals surface area contributed by atoms with Crippen molar-refractivity contribution in [2.75, 3.05) is 5.73 Å². The molecule has 2 aromatic carbocycles. The topological polar surface area (TPSA) is 86.2 Å². The second-order valence-electron chi connectivity index (χ2n) is 8.38. The van der Waals surface area contributed by atoms with Gasteiger partial charge in [-0.25, -0.2) is 0 Å². The number of hydrogen-bond acceptors (Lipinski definition) is 4. The first kappa shape index (κ1) is 21.3. The number of nitrogens with two attached hydrogens (primary N) is 2. The molecule has 4 heteroatoms. The molecule has 0 spiro atoms. The highest BCUT2D eigenvalue weighted by molar-refractivity contribution is 6.35. The van der Waals surface area contributed by atoms with Gasteiger partial charge in [-0.1, -0.05) is 76.8 Å². The van der Waals surface area contributed by atoms with Gasteiger partial charge in [0, 0.05) is 17.3 Å². The van der Waals surface area contributed by atoms with Crippen molar-refractivity contribution in [3.8, 4) is 0 Å². The lowest BCUT2D eigenvalue weighted by Gasteiger charge is -2.33. The van der Waals surface area contributed by atoms with Crippen LogP contribution in [0.25, 0.3) is 0 Å². The minimum Gasteiger partial charge on any atom is -0.398 e. The Morgan fingerprint density at radius 2 is 1.79 bits per heavy atom. The molecule has 153 valence electrons. The Morgan fingerprint density at radius 3 is 2.38 bits per heavy atom. The molecule has 2 aromatic rings. The van der Waals surface area contributed by atoms with Crippen molar-refractivity contribution < 1.29 is 9.59 Å². The highest BCUT2D eigenvalue weighted by atomic mass is 16.2. The first-order valence-electron chi connectivity index (χ1n) is 10.6. The van der Waals surface area contributed by atoms with Gasteiger partial charge in [-0.15, -0.1) is 0 Å². The number of hydrogen-bond donors (Lipinski definition) is 2. The van der Waals surface area contributed by atoms with Crippen LogP contribution in [0.3, 0.4) is 0 Å². The second kappa shape index (κ2) is 8.50. The molecule has 0 bridgehead atoms. The Bertz CT molecular complexity index is 902. The normalized spacial score (nSPS) is 19.6. The van der Waals surface area contributed by atoms with Gasteiger partial charge in [-0.2, -0.15) is 0 Å². The standard InChI is InChI=1S/C25H31N2O2/c1-4-5-6-7-11-21(27)25(18-14-12-17(13-15-18)16(2)3)23(28)19-9-8-10-20(26)22(19)24(25)29/h8-10,12-14,16,21H,4-7,11,26-27H2,1-3H3. The number of carbonyl (C=O) groups is 2. The van der Waals surface area contributed by atoms with Crippen LogP contribution in [0.1, 0.15) is 90.6 Å². The summed E-state index contributed by atoms with van der Waals surface area (Å²) in [6.45, 7) is 6.34. The van der Waals surface area contributed by atoms with Crippen LogP contribution >= 0.6 is 0 Å².